The van der Waals surface area contributed by atoms with Gasteiger partial charge in [0.15, 0.2) is 12.6 Å². The number of carbonyl (C=O) groups is 2. The lowest BCUT2D eigenvalue weighted by Crippen LogP contribution is -2.49. The van der Waals surface area contributed by atoms with Crippen LogP contribution >= 0.6 is 0 Å². The number of Topliss-reactive ketones (excluding diaryl/α,β-unsaturated/α-hetero) is 1. The fourth-order valence-corrected chi connectivity index (χ4v) is 6.26. The van der Waals surface area contributed by atoms with E-state index >= 15 is 0 Å². The van der Waals surface area contributed by atoms with E-state index in [1.165, 1.54) is 0 Å². The van der Waals surface area contributed by atoms with Gasteiger partial charge < -0.3 is 34.1 Å². The summed E-state index contributed by atoms with van der Waals surface area (Å²) in [5, 5.41) is 22.4. The molecule has 3 aliphatic rings. The van der Waals surface area contributed by atoms with Crippen LogP contribution in [-0.2, 0) is 28.5 Å². The molecule has 0 amide bonds. The van der Waals surface area contributed by atoms with Crippen LogP contribution in [0.5, 0.6) is 0 Å². The maximum absolute atomic E-state index is 13.4. The number of rotatable bonds is 4. The third-order valence-corrected chi connectivity index (χ3v) is 9.03. The molecule has 3 saturated heterocycles. The van der Waals surface area contributed by atoms with Crippen LogP contribution in [0.15, 0.2) is 0 Å². The van der Waals surface area contributed by atoms with Crippen LogP contribution in [0.4, 0.5) is 0 Å². The van der Waals surface area contributed by atoms with Crippen molar-refractivity contribution in [3.63, 3.8) is 0 Å². The lowest BCUT2D eigenvalue weighted by Gasteiger charge is -2.39. The molecule has 3 fully saturated rings. The lowest BCUT2D eigenvalue weighted by molar-refractivity contribution is -0.234. The van der Waals surface area contributed by atoms with E-state index in [0.29, 0.717) is 19.3 Å². The van der Waals surface area contributed by atoms with Gasteiger partial charge in [-0.3, -0.25) is 9.59 Å². The van der Waals surface area contributed by atoms with Crippen LogP contribution in [0.25, 0.3) is 0 Å². The second-order valence-corrected chi connectivity index (χ2v) is 12.1. The van der Waals surface area contributed by atoms with Gasteiger partial charge in [0.05, 0.1) is 24.2 Å². The summed E-state index contributed by atoms with van der Waals surface area (Å²) in [6.45, 7) is 12.9. The summed E-state index contributed by atoms with van der Waals surface area (Å²) in [5.74, 6) is -3.19. The summed E-state index contributed by atoms with van der Waals surface area (Å²) in [5.41, 5.74) is 0. The second-order valence-electron chi connectivity index (χ2n) is 12.1. The molecule has 0 bridgehead atoms. The van der Waals surface area contributed by atoms with Gasteiger partial charge in [-0.1, -0.05) is 41.5 Å². The van der Waals surface area contributed by atoms with Gasteiger partial charge in [0.2, 0.25) is 0 Å². The summed E-state index contributed by atoms with van der Waals surface area (Å²) < 4.78 is 24.0. The first-order chi connectivity index (χ1) is 17.3. The molecule has 0 aromatic heterocycles. The van der Waals surface area contributed by atoms with Gasteiger partial charge in [-0.25, -0.2) is 0 Å². The van der Waals surface area contributed by atoms with Gasteiger partial charge in [0, 0.05) is 36.1 Å². The number of fused-ring (bicyclic) bond motifs is 1. The maximum atomic E-state index is 13.4. The molecule has 214 valence electrons. The first-order valence-corrected chi connectivity index (χ1v) is 14.0. The highest BCUT2D eigenvalue weighted by molar-refractivity contribution is 5.83. The van der Waals surface area contributed by atoms with E-state index in [-0.39, 0.29) is 36.1 Å². The van der Waals surface area contributed by atoms with Crippen LogP contribution in [-0.4, -0.2) is 90.1 Å². The summed E-state index contributed by atoms with van der Waals surface area (Å²) in [7, 11) is 3.98. The zero-order chi connectivity index (χ0) is 27.8. The quantitative estimate of drug-likeness (QED) is 0.420. The Kier molecular flexibility index (Phi) is 10.2. The zero-order valence-electron chi connectivity index (χ0n) is 24.0. The van der Waals surface area contributed by atoms with Crippen LogP contribution in [0, 0.1) is 35.5 Å². The zero-order valence-corrected chi connectivity index (χ0v) is 24.0. The number of ketones is 1. The van der Waals surface area contributed by atoms with Crippen molar-refractivity contribution in [2.45, 2.75) is 117 Å². The molecule has 0 aliphatic carbocycles. The topological polar surface area (TPSA) is 118 Å². The SMILES string of the molecule is CC[C@H]1OC(=O)[C@H](C)[C@@H](O[C@H]2CC(N(C)C)[C@@H]3OC3O2)[C@H](C)[C@@H](O)[C@@H](C)C[C@@H](C)C(=O)[C@H](C)[C@@H](O)[C@H]1C. The summed E-state index contributed by atoms with van der Waals surface area (Å²) >= 11 is 0. The highest BCUT2D eigenvalue weighted by Crippen LogP contribution is 2.40. The molecule has 2 unspecified atom stereocenters. The Bertz CT molecular complexity index is 792. The van der Waals surface area contributed by atoms with E-state index in [4.69, 9.17) is 18.9 Å². The molecular weight excluding hydrogens is 478 g/mol. The molecule has 14 atom stereocenters. The van der Waals surface area contributed by atoms with E-state index in [0.717, 1.165) is 0 Å². The van der Waals surface area contributed by atoms with Gasteiger partial charge in [-0.15, -0.1) is 0 Å². The molecule has 9 heteroatoms. The van der Waals surface area contributed by atoms with Crippen LogP contribution in [0.3, 0.4) is 0 Å². The fourth-order valence-electron chi connectivity index (χ4n) is 6.26. The number of hydrogen-bond donors (Lipinski definition) is 2. The van der Waals surface area contributed by atoms with E-state index in [1.54, 1.807) is 13.8 Å². The summed E-state index contributed by atoms with van der Waals surface area (Å²) in [6, 6.07) is 0.129. The first kappa shape index (κ1) is 30.4. The number of epoxide rings is 1. The normalized spacial score (nSPS) is 48.2. The van der Waals surface area contributed by atoms with E-state index < -0.39 is 60.3 Å². The molecule has 37 heavy (non-hydrogen) atoms. The van der Waals surface area contributed by atoms with Crippen molar-refractivity contribution in [3.05, 3.63) is 0 Å². The number of carbonyl (C=O) groups excluding carboxylic acids is 2. The third kappa shape index (κ3) is 6.73. The largest absolute Gasteiger partial charge is 0.462 e. The molecule has 0 aromatic carbocycles. The van der Waals surface area contributed by atoms with Gasteiger partial charge in [0.1, 0.15) is 18.0 Å². The van der Waals surface area contributed by atoms with E-state index in [9.17, 15) is 19.8 Å². The second kappa shape index (κ2) is 12.4. The Morgan fingerprint density at radius 3 is 2.16 bits per heavy atom. The van der Waals surface area contributed by atoms with Crippen molar-refractivity contribution in [1.82, 2.24) is 4.90 Å². The molecule has 3 heterocycles. The Morgan fingerprint density at radius 1 is 0.919 bits per heavy atom. The minimum Gasteiger partial charge on any atom is -0.462 e. The molecule has 0 radical (unpaired) electrons. The van der Waals surface area contributed by atoms with Crippen molar-refractivity contribution < 1.29 is 38.7 Å². The third-order valence-electron chi connectivity index (χ3n) is 9.03. The predicted molar refractivity (Wildman–Crippen MR) is 137 cm³/mol. The van der Waals surface area contributed by atoms with Crippen LogP contribution < -0.4 is 0 Å². The molecule has 0 saturated carbocycles. The predicted octanol–water partition coefficient (Wildman–Crippen LogP) is 2.61. The smallest absolute Gasteiger partial charge is 0.311 e. The Morgan fingerprint density at radius 2 is 1.57 bits per heavy atom. The number of nitrogens with zero attached hydrogens (tertiary/aromatic N) is 1. The van der Waals surface area contributed by atoms with Gasteiger partial charge in [-0.2, -0.15) is 0 Å². The number of aliphatic hydroxyl groups is 2. The number of likely N-dealkylation sites (N-methyl/N-ethyl adjacent to an activating group) is 1. The highest BCUT2D eigenvalue weighted by atomic mass is 16.8. The molecule has 0 spiro atoms. The standard InChI is InChI=1S/C28H49NO8/c1-10-20-15(4)24(32)16(5)22(30)13(2)11-14(3)23(31)17(6)25(18(7)27(33)34-20)35-21-12-19(29(8)9)26-28(36-21)37-26/h13-21,23-26,28,31-32H,10-12H2,1-9H3/t13-,14+,15+,16+,17-,18-,19?,20-,21-,23+,24+,25+,26+,28?/m1/s1. The number of aliphatic hydroxyl groups excluding tert-OH is 2. The molecule has 3 aliphatic heterocycles. The molecule has 3 rings (SSSR count). The van der Waals surface area contributed by atoms with Gasteiger partial charge >= 0.3 is 5.97 Å². The summed E-state index contributed by atoms with van der Waals surface area (Å²) in [4.78, 5) is 28.7. The number of cyclic esters (lactones) is 1. The summed E-state index contributed by atoms with van der Waals surface area (Å²) in [6.07, 6.45) is -2.35. The molecule has 2 N–H and O–H groups in total. The average Bonchev–Trinajstić information content (AvgIpc) is 3.65. The van der Waals surface area contributed by atoms with Gasteiger partial charge in [0.25, 0.3) is 0 Å². The first-order valence-electron chi connectivity index (χ1n) is 14.0. The van der Waals surface area contributed by atoms with Crippen molar-refractivity contribution in [1.29, 1.82) is 0 Å². The Labute approximate surface area is 222 Å². The fraction of sp³-hybridized carbons (Fsp3) is 0.929. The Balaban J connectivity index is 1.89. The van der Waals surface area contributed by atoms with Crippen molar-refractivity contribution >= 4 is 11.8 Å². The van der Waals surface area contributed by atoms with Crippen molar-refractivity contribution in [3.8, 4) is 0 Å². The number of esters is 1. The van der Waals surface area contributed by atoms with E-state index in [2.05, 4.69) is 4.90 Å². The minimum absolute atomic E-state index is 0.0175. The molecule has 0 aromatic rings. The number of hydrogen-bond acceptors (Lipinski definition) is 9. The molecule has 9 nitrogen and oxygen atoms in total. The van der Waals surface area contributed by atoms with Gasteiger partial charge in [-0.05, 0) is 39.8 Å². The monoisotopic (exact) mass is 527 g/mol. The van der Waals surface area contributed by atoms with Crippen molar-refractivity contribution in [2.24, 2.45) is 35.5 Å². The lowest BCUT2D eigenvalue weighted by atomic mass is 9.77. The number of ether oxygens (including phenoxy) is 4. The van der Waals surface area contributed by atoms with Crippen LogP contribution in [0.1, 0.15) is 67.7 Å². The Hall–Kier alpha value is -1.10. The minimum atomic E-state index is -0.942. The highest BCUT2D eigenvalue weighted by Gasteiger charge is 2.54. The van der Waals surface area contributed by atoms with Crippen LogP contribution in [0.2, 0.25) is 0 Å². The molecular formula is C28H49NO8. The average molecular weight is 528 g/mol. The van der Waals surface area contributed by atoms with Crippen molar-refractivity contribution in [2.75, 3.05) is 14.1 Å². The van der Waals surface area contributed by atoms with E-state index in [1.807, 2.05) is 48.7 Å². The maximum Gasteiger partial charge on any atom is 0.311 e.